The van der Waals surface area contributed by atoms with E-state index in [4.69, 9.17) is 0 Å². The summed E-state index contributed by atoms with van der Waals surface area (Å²) in [6.07, 6.45) is 2.20. The molecule has 4 aromatic carbocycles. The van der Waals surface area contributed by atoms with Gasteiger partial charge in [0.05, 0.1) is 11.8 Å². The van der Waals surface area contributed by atoms with Gasteiger partial charge < -0.3 is 15.1 Å². The van der Waals surface area contributed by atoms with Crippen LogP contribution in [-0.2, 0) is 9.84 Å². The van der Waals surface area contributed by atoms with Crippen LogP contribution in [0, 0.1) is 0 Å². The fourth-order valence-electron chi connectivity index (χ4n) is 5.12. The molecule has 1 unspecified atom stereocenters. The zero-order valence-electron chi connectivity index (χ0n) is 19.9. The van der Waals surface area contributed by atoms with Crippen LogP contribution in [0.25, 0.3) is 22.3 Å². The number of phenolic OH excluding ortho intramolecular Hbond substituents is 2. The van der Waals surface area contributed by atoms with Crippen molar-refractivity contribution >= 4 is 21.2 Å². The fourth-order valence-corrected chi connectivity index (χ4v) is 6.51. The van der Waals surface area contributed by atoms with E-state index >= 15 is 0 Å². The Morgan fingerprint density at radius 1 is 0.889 bits per heavy atom. The van der Waals surface area contributed by atoms with Gasteiger partial charge in [-0.3, -0.25) is 0 Å². The molecule has 0 spiro atoms. The largest absolute Gasteiger partial charge is 0.508 e. The molecule has 5 nitrogen and oxygen atoms in total. The van der Waals surface area contributed by atoms with E-state index in [1.807, 2.05) is 42.5 Å². The minimum atomic E-state index is -3.77. The van der Waals surface area contributed by atoms with E-state index in [0.717, 1.165) is 28.9 Å². The SMILES string of the molecule is C=CCS(=O)(=O)c1c(O)cccc1-c1ccc2c(c1)-c1ccccc1C(CC)N2c1ccc(O)cc1. The Hall–Kier alpha value is -4.03. The summed E-state index contributed by atoms with van der Waals surface area (Å²) in [5.41, 5.74) is 6.32. The minimum Gasteiger partial charge on any atom is -0.508 e. The van der Waals surface area contributed by atoms with Crippen molar-refractivity contribution < 1.29 is 18.6 Å². The number of aromatic hydroxyl groups is 2. The normalized spacial score (nSPS) is 14.7. The molecule has 1 heterocycles. The Kier molecular flexibility index (Phi) is 6.06. The molecule has 0 radical (unpaired) electrons. The fraction of sp³-hybridized carbons (Fsp3) is 0.133. The van der Waals surface area contributed by atoms with Crippen molar-refractivity contribution in [3.63, 3.8) is 0 Å². The Morgan fingerprint density at radius 2 is 1.61 bits per heavy atom. The number of hydrogen-bond acceptors (Lipinski definition) is 5. The summed E-state index contributed by atoms with van der Waals surface area (Å²) in [7, 11) is -3.77. The molecule has 2 N–H and O–H groups in total. The molecule has 0 aromatic heterocycles. The Labute approximate surface area is 211 Å². The molecular formula is C30H27NO4S. The maximum atomic E-state index is 13.0. The lowest BCUT2D eigenvalue weighted by atomic mass is 9.85. The number of sulfone groups is 1. The van der Waals surface area contributed by atoms with Gasteiger partial charge in [-0.2, -0.15) is 0 Å². The molecule has 0 fully saturated rings. The first-order valence-corrected chi connectivity index (χ1v) is 13.5. The Balaban J connectivity index is 1.76. The highest BCUT2D eigenvalue weighted by molar-refractivity contribution is 7.91. The second-order valence-corrected chi connectivity index (χ2v) is 10.8. The molecule has 0 bridgehead atoms. The van der Waals surface area contributed by atoms with Gasteiger partial charge in [-0.25, -0.2) is 8.42 Å². The van der Waals surface area contributed by atoms with E-state index in [1.165, 1.54) is 17.7 Å². The highest BCUT2D eigenvalue weighted by Crippen LogP contribution is 2.51. The van der Waals surface area contributed by atoms with Crippen LogP contribution in [0.5, 0.6) is 11.5 Å². The highest BCUT2D eigenvalue weighted by atomic mass is 32.2. The van der Waals surface area contributed by atoms with Crippen molar-refractivity contribution in [2.45, 2.75) is 24.3 Å². The number of fused-ring (bicyclic) bond motifs is 3. The third kappa shape index (κ3) is 3.93. The zero-order chi connectivity index (χ0) is 25.4. The van der Waals surface area contributed by atoms with E-state index in [1.54, 1.807) is 24.3 Å². The molecule has 4 aromatic rings. The molecule has 0 aliphatic carbocycles. The maximum Gasteiger partial charge on any atom is 0.186 e. The number of hydrogen-bond donors (Lipinski definition) is 2. The van der Waals surface area contributed by atoms with Gasteiger partial charge >= 0.3 is 0 Å². The van der Waals surface area contributed by atoms with Crippen LogP contribution in [0.4, 0.5) is 11.4 Å². The van der Waals surface area contributed by atoms with E-state index in [2.05, 4.69) is 30.5 Å². The molecular weight excluding hydrogens is 470 g/mol. The number of nitrogens with zero attached hydrogens (tertiary/aromatic N) is 1. The Morgan fingerprint density at radius 3 is 2.33 bits per heavy atom. The van der Waals surface area contributed by atoms with Crippen molar-refractivity contribution in [3.8, 4) is 33.8 Å². The van der Waals surface area contributed by atoms with Crippen LogP contribution in [0.1, 0.15) is 24.9 Å². The predicted molar refractivity (Wildman–Crippen MR) is 145 cm³/mol. The monoisotopic (exact) mass is 497 g/mol. The molecule has 36 heavy (non-hydrogen) atoms. The molecule has 182 valence electrons. The molecule has 0 saturated heterocycles. The first kappa shape index (κ1) is 23.7. The van der Waals surface area contributed by atoms with E-state index in [9.17, 15) is 18.6 Å². The summed E-state index contributed by atoms with van der Waals surface area (Å²) in [6.45, 7) is 5.71. The molecule has 1 aliphatic heterocycles. The maximum absolute atomic E-state index is 13.0. The van der Waals surface area contributed by atoms with Gasteiger partial charge in [-0.05, 0) is 65.6 Å². The summed E-state index contributed by atoms with van der Waals surface area (Å²) in [5.74, 6) is -0.334. The van der Waals surface area contributed by atoms with E-state index < -0.39 is 9.84 Å². The third-order valence-corrected chi connectivity index (χ3v) is 8.37. The van der Waals surface area contributed by atoms with E-state index in [-0.39, 0.29) is 28.2 Å². The smallest absolute Gasteiger partial charge is 0.186 e. The number of phenols is 2. The van der Waals surface area contributed by atoms with Gasteiger partial charge in [0, 0.05) is 22.5 Å². The summed E-state index contributed by atoms with van der Waals surface area (Å²) in [4.78, 5) is 2.18. The molecule has 0 amide bonds. The molecule has 1 atom stereocenters. The van der Waals surface area contributed by atoms with Crippen molar-refractivity contribution in [2.24, 2.45) is 0 Å². The zero-order valence-corrected chi connectivity index (χ0v) is 20.7. The highest BCUT2D eigenvalue weighted by Gasteiger charge is 2.32. The Bertz CT molecular complexity index is 1560. The molecule has 1 aliphatic rings. The second-order valence-electron chi connectivity index (χ2n) is 8.85. The molecule has 5 rings (SSSR count). The topological polar surface area (TPSA) is 77.8 Å². The summed E-state index contributed by atoms with van der Waals surface area (Å²) >= 11 is 0. The molecule has 0 saturated carbocycles. The average Bonchev–Trinajstić information content (AvgIpc) is 2.88. The quantitative estimate of drug-likeness (QED) is 0.281. The van der Waals surface area contributed by atoms with Crippen molar-refractivity contribution in [2.75, 3.05) is 10.7 Å². The van der Waals surface area contributed by atoms with Crippen LogP contribution < -0.4 is 4.90 Å². The minimum absolute atomic E-state index is 0.0872. The first-order valence-electron chi connectivity index (χ1n) is 11.8. The van der Waals surface area contributed by atoms with Crippen molar-refractivity contribution in [1.82, 2.24) is 0 Å². The lowest BCUT2D eigenvalue weighted by molar-refractivity contribution is 0.459. The average molecular weight is 498 g/mol. The first-order chi connectivity index (χ1) is 17.4. The van der Waals surface area contributed by atoms with Crippen LogP contribution in [0.15, 0.2) is 102 Å². The summed E-state index contributed by atoms with van der Waals surface area (Å²) in [6, 6.07) is 26.2. The van der Waals surface area contributed by atoms with Gasteiger partial charge in [0.1, 0.15) is 16.4 Å². The van der Waals surface area contributed by atoms with Gasteiger partial charge in [-0.1, -0.05) is 55.5 Å². The van der Waals surface area contributed by atoms with Crippen molar-refractivity contribution in [1.29, 1.82) is 0 Å². The third-order valence-electron chi connectivity index (χ3n) is 6.65. The van der Waals surface area contributed by atoms with Gasteiger partial charge in [0.2, 0.25) is 0 Å². The van der Waals surface area contributed by atoms with Crippen LogP contribution >= 0.6 is 0 Å². The van der Waals surface area contributed by atoms with Crippen molar-refractivity contribution in [3.05, 3.63) is 103 Å². The second kappa shape index (κ2) is 9.21. The lowest BCUT2D eigenvalue weighted by Gasteiger charge is -2.40. The van der Waals surface area contributed by atoms with Gasteiger partial charge in [0.15, 0.2) is 9.84 Å². The lowest BCUT2D eigenvalue weighted by Crippen LogP contribution is -2.27. The van der Waals surface area contributed by atoms with Gasteiger partial charge in [0.25, 0.3) is 0 Å². The number of anilines is 2. The number of rotatable bonds is 6. The van der Waals surface area contributed by atoms with Gasteiger partial charge in [-0.15, -0.1) is 6.58 Å². The van der Waals surface area contributed by atoms with Crippen LogP contribution in [0.2, 0.25) is 0 Å². The predicted octanol–water partition coefficient (Wildman–Crippen LogP) is 6.99. The number of benzene rings is 4. The van der Waals surface area contributed by atoms with Crippen LogP contribution in [0.3, 0.4) is 0 Å². The summed E-state index contributed by atoms with van der Waals surface area (Å²) in [5, 5.41) is 20.4. The van der Waals surface area contributed by atoms with Crippen LogP contribution in [-0.4, -0.2) is 24.4 Å². The molecule has 6 heteroatoms. The summed E-state index contributed by atoms with van der Waals surface area (Å²) < 4.78 is 26.0. The van der Waals surface area contributed by atoms with E-state index in [0.29, 0.717) is 11.1 Å². The standard InChI is InChI=1S/C30H27NO4S/c1-3-18-36(34,35)30-23(10-7-11-29(30)33)20-12-17-28-26(19-20)24-8-5-6-9-25(24)27(4-2)31(28)21-13-15-22(32)16-14-21/h3,5-17,19,27,32-33H,1,4,18H2,2H3.